The van der Waals surface area contributed by atoms with Crippen LogP contribution in [0.15, 0.2) is 53.4 Å². The van der Waals surface area contributed by atoms with E-state index in [4.69, 9.17) is 10.00 Å². The van der Waals surface area contributed by atoms with Crippen molar-refractivity contribution < 1.29 is 17.9 Å². The van der Waals surface area contributed by atoms with Gasteiger partial charge in [0, 0.05) is 25.1 Å². The number of sulfonamides is 1. The predicted molar refractivity (Wildman–Crippen MR) is 117 cm³/mol. The van der Waals surface area contributed by atoms with E-state index in [0.717, 1.165) is 37.0 Å². The smallest absolute Gasteiger partial charge is 0.254 e. The molecule has 8 heteroatoms. The van der Waals surface area contributed by atoms with E-state index >= 15 is 0 Å². The molecule has 7 nitrogen and oxygen atoms in total. The minimum Gasteiger partial charge on any atom is -0.497 e. The zero-order valence-electron chi connectivity index (χ0n) is 17.6. The molecule has 1 unspecified atom stereocenters. The number of benzene rings is 2. The van der Waals surface area contributed by atoms with Crippen molar-refractivity contribution in [2.75, 3.05) is 20.2 Å². The first kappa shape index (κ1) is 22.8. The summed E-state index contributed by atoms with van der Waals surface area (Å²) in [6, 6.07) is 15.7. The minimum atomic E-state index is -3.79. The Bertz CT molecular complexity index is 1050. The van der Waals surface area contributed by atoms with Crippen LogP contribution < -0.4 is 9.46 Å². The lowest BCUT2D eigenvalue weighted by Crippen LogP contribution is -2.35. The van der Waals surface area contributed by atoms with Crippen molar-refractivity contribution in [2.45, 2.75) is 43.0 Å². The molecule has 1 saturated heterocycles. The van der Waals surface area contributed by atoms with E-state index in [9.17, 15) is 13.2 Å². The second-order valence-corrected chi connectivity index (χ2v) is 9.24. The molecule has 1 heterocycles. The van der Waals surface area contributed by atoms with Crippen molar-refractivity contribution in [3.05, 3.63) is 59.7 Å². The number of carbonyl (C=O) groups is 1. The van der Waals surface area contributed by atoms with Gasteiger partial charge in [0.1, 0.15) is 5.75 Å². The molecule has 1 aliphatic heterocycles. The third-order valence-electron chi connectivity index (χ3n) is 5.43. The summed E-state index contributed by atoms with van der Waals surface area (Å²) in [6.07, 6.45) is 3.92. The second-order valence-electron chi connectivity index (χ2n) is 7.47. The Morgan fingerprint density at radius 1 is 1.19 bits per heavy atom. The summed E-state index contributed by atoms with van der Waals surface area (Å²) in [5.41, 5.74) is 1.38. The highest BCUT2D eigenvalue weighted by molar-refractivity contribution is 7.89. The molecular weight excluding hydrogens is 414 g/mol. The molecule has 2 aromatic rings. The maximum absolute atomic E-state index is 13.4. The molecule has 3 rings (SSSR count). The Morgan fingerprint density at radius 2 is 1.97 bits per heavy atom. The highest BCUT2D eigenvalue weighted by Gasteiger charge is 2.28. The molecule has 1 amide bonds. The van der Waals surface area contributed by atoms with Crippen LogP contribution in [0.1, 0.15) is 54.1 Å². The van der Waals surface area contributed by atoms with Gasteiger partial charge in [0.15, 0.2) is 0 Å². The Kier molecular flexibility index (Phi) is 7.66. The summed E-state index contributed by atoms with van der Waals surface area (Å²) >= 11 is 0. The van der Waals surface area contributed by atoms with Crippen LogP contribution >= 0.6 is 0 Å². The Hall–Kier alpha value is -2.89. The average molecular weight is 442 g/mol. The zero-order chi connectivity index (χ0) is 22.3. The molecule has 1 N–H and O–H groups in total. The summed E-state index contributed by atoms with van der Waals surface area (Å²) in [6.45, 7) is 0.648. The molecule has 0 radical (unpaired) electrons. The lowest BCUT2D eigenvalue weighted by atomic mass is 10.00. The Balaban J connectivity index is 1.87. The zero-order valence-corrected chi connectivity index (χ0v) is 18.4. The first-order valence-corrected chi connectivity index (χ1v) is 11.9. The number of nitrogens with one attached hydrogen (secondary N) is 1. The van der Waals surface area contributed by atoms with Gasteiger partial charge in [-0.3, -0.25) is 4.79 Å². The van der Waals surface area contributed by atoms with Crippen LogP contribution in [-0.4, -0.2) is 39.4 Å². The van der Waals surface area contributed by atoms with Gasteiger partial charge < -0.3 is 9.64 Å². The molecule has 0 aliphatic carbocycles. The number of nitriles is 1. The number of ether oxygens (including phenoxy) is 1. The molecule has 0 bridgehead atoms. The number of rotatable bonds is 7. The van der Waals surface area contributed by atoms with Crippen molar-refractivity contribution in [3.63, 3.8) is 0 Å². The monoisotopic (exact) mass is 441 g/mol. The van der Waals surface area contributed by atoms with E-state index in [2.05, 4.69) is 4.72 Å². The number of carbonyl (C=O) groups excluding carboxylic acids is 1. The predicted octanol–water partition coefficient (Wildman–Crippen LogP) is 3.64. The number of hydrogen-bond donors (Lipinski definition) is 1. The first-order valence-electron chi connectivity index (χ1n) is 10.4. The summed E-state index contributed by atoms with van der Waals surface area (Å²) in [5, 5.41) is 8.62. The molecule has 164 valence electrons. The van der Waals surface area contributed by atoms with E-state index in [-0.39, 0.29) is 29.8 Å². The van der Waals surface area contributed by atoms with Crippen LogP contribution in [0.3, 0.4) is 0 Å². The summed E-state index contributed by atoms with van der Waals surface area (Å²) < 4.78 is 32.6. The fourth-order valence-corrected chi connectivity index (χ4v) is 4.89. The van der Waals surface area contributed by atoms with E-state index < -0.39 is 10.0 Å². The molecule has 0 aromatic heterocycles. The van der Waals surface area contributed by atoms with Gasteiger partial charge in [-0.05, 0) is 48.7 Å². The maximum atomic E-state index is 13.4. The van der Waals surface area contributed by atoms with Crippen molar-refractivity contribution in [2.24, 2.45) is 0 Å². The van der Waals surface area contributed by atoms with Gasteiger partial charge in [0.2, 0.25) is 10.0 Å². The minimum absolute atomic E-state index is 0.0205. The van der Waals surface area contributed by atoms with Crippen molar-refractivity contribution in [1.29, 1.82) is 5.26 Å². The van der Waals surface area contributed by atoms with Crippen LogP contribution in [0.5, 0.6) is 5.75 Å². The van der Waals surface area contributed by atoms with Gasteiger partial charge in [-0.2, -0.15) is 5.26 Å². The highest BCUT2D eigenvalue weighted by atomic mass is 32.2. The standard InChI is InChI=1S/C23H27N3O4S/c1-30-20-12-10-18(11-13-20)22-9-3-2-4-16-26(22)23(27)19-7-5-8-21(17-19)31(28,29)25-15-6-14-24/h5,7-8,10-13,17,22,25H,2-4,6,9,15-16H2,1H3. The van der Waals surface area contributed by atoms with Crippen LogP contribution in [0, 0.1) is 11.3 Å². The van der Waals surface area contributed by atoms with Crippen molar-refractivity contribution >= 4 is 15.9 Å². The van der Waals surface area contributed by atoms with Gasteiger partial charge in [-0.1, -0.05) is 31.0 Å². The number of methoxy groups -OCH3 is 1. The largest absolute Gasteiger partial charge is 0.497 e. The van der Waals surface area contributed by atoms with Crippen LogP contribution in [0.4, 0.5) is 0 Å². The van der Waals surface area contributed by atoms with Gasteiger partial charge in [-0.25, -0.2) is 13.1 Å². The fraction of sp³-hybridized carbons (Fsp3) is 0.391. The third kappa shape index (κ3) is 5.63. The molecular formula is C23H27N3O4S. The lowest BCUT2D eigenvalue weighted by molar-refractivity contribution is 0.0680. The molecule has 1 aliphatic rings. The van der Waals surface area contributed by atoms with Crippen molar-refractivity contribution in [3.8, 4) is 11.8 Å². The quantitative estimate of drug-likeness (QED) is 0.661. The Labute approximate surface area is 183 Å². The molecule has 0 saturated carbocycles. The van der Waals surface area contributed by atoms with Crippen LogP contribution in [0.25, 0.3) is 0 Å². The molecule has 0 spiro atoms. The number of hydrogen-bond acceptors (Lipinski definition) is 5. The van der Waals surface area contributed by atoms with E-state index in [1.165, 1.54) is 12.1 Å². The maximum Gasteiger partial charge on any atom is 0.254 e. The highest BCUT2D eigenvalue weighted by Crippen LogP contribution is 2.32. The molecule has 1 atom stereocenters. The van der Waals surface area contributed by atoms with E-state index in [1.54, 1.807) is 19.2 Å². The van der Waals surface area contributed by atoms with Crippen LogP contribution in [-0.2, 0) is 10.0 Å². The van der Waals surface area contributed by atoms with Crippen molar-refractivity contribution in [1.82, 2.24) is 9.62 Å². The molecule has 31 heavy (non-hydrogen) atoms. The van der Waals surface area contributed by atoms with Gasteiger partial charge in [0.25, 0.3) is 5.91 Å². The average Bonchev–Trinajstić information content (AvgIpc) is 3.05. The van der Waals surface area contributed by atoms with Gasteiger partial charge in [-0.15, -0.1) is 0 Å². The normalized spacial score (nSPS) is 16.9. The Morgan fingerprint density at radius 3 is 2.68 bits per heavy atom. The lowest BCUT2D eigenvalue weighted by Gasteiger charge is -2.31. The summed E-state index contributed by atoms with van der Waals surface area (Å²) in [4.78, 5) is 15.3. The van der Waals surface area contributed by atoms with E-state index in [0.29, 0.717) is 12.1 Å². The third-order valence-corrected chi connectivity index (χ3v) is 6.89. The number of likely N-dealkylation sites (tertiary alicyclic amines) is 1. The van der Waals surface area contributed by atoms with E-state index in [1.807, 2.05) is 35.2 Å². The second kappa shape index (κ2) is 10.4. The number of amides is 1. The summed E-state index contributed by atoms with van der Waals surface area (Å²) in [5.74, 6) is 0.578. The fourth-order valence-electron chi connectivity index (χ4n) is 3.81. The van der Waals surface area contributed by atoms with Gasteiger partial charge in [0.05, 0.1) is 24.1 Å². The van der Waals surface area contributed by atoms with Gasteiger partial charge >= 0.3 is 0 Å². The summed E-state index contributed by atoms with van der Waals surface area (Å²) in [7, 11) is -2.17. The molecule has 2 aromatic carbocycles. The van der Waals surface area contributed by atoms with Crippen LogP contribution in [0.2, 0.25) is 0 Å². The topological polar surface area (TPSA) is 99.5 Å². The SMILES string of the molecule is COc1ccc(C2CCCCCN2C(=O)c2cccc(S(=O)(=O)NCCC#N)c2)cc1. The number of nitrogens with zero attached hydrogens (tertiary/aromatic N) is 2. The first-order chi connectivity index (χ1) is 15.0. The molecule has 1 fully saturated rings.